The number of carboxylic acids is 1. The smallest absolute Gasteiger partial charge is 0.308 e. The first-order valence-corrected chi connectivity index (χ1v) is 6.07. The van der Waals surface area contributed by atoms with Gasteiger partial charge in [-0.3, -0.25) is 9.59 Å². The molecule has 0 aromatic rings. The second-order valence-corrected chi connectivity index (χ2v) is 5.00. The summed E-state index contributed by atoms with van der Waals surface area (Å²) in [6, 6.07) is 0. The molecule has 0 aromatic carbocycles. The van der Waals surface area contributed by atoms with Gasteiger partial charge in [0, 0.05) is 0 Å². The van der Waals surface area contributed by atoms with E-state index in [-0.39, 0.29) is 17.8 Å². The van der Waals surface area contributed by atoms with Gasteiger partial charge in [0.25, 0.3) is 0 Å². The van der Waals surface area contributed by atoms with Crippen LogP contribution in [0, 0.1) is 17.8 Å². The number of hydrogen-bond acceptors (Lipinski definition) is 3. The van der Waals surface area contributed by atoms with Crippen LogP contribution in [0.1, 0.15) is 48.0 Å². The lowest BCUT2D eigenvalue weighted by atomic mass is 10.1. The second-order valence-electron chi connectivity index (χ2n) is 5.00. The topological polar surface area (TPSA) is 63.6 Å². The van der Waals surface area contributed by atoms with Gasteiger partial charge in [-0.15, -0.1) is 0 Å². The Bertz CT molecular complexity index is 219. The van der Waals surface area contributed by atoms with E-state index in [1.165, 1.54) is 0 Å². The zero-order valence-corrected chi connectivity index (χ0v) is 11.8. The number of rotatable bonds is 5. The van der Waals surface area contributed by atoms with E-state index >= 15 is 0 Å². The Labute approximate surface area is 104 Å². The molecule has 0 aliphatic rings. The van der Waals surface area contributed by atoms with Crippen molar-refractivity contribution in [3.63, 3.8) is 0 Å². The van der Waals surface area contributed by atoms with Crippen LogP contribution in [0.2, 0.25) is 0 Å². The van der Waals surface area contributed by atoms with Gasteiger partial charge in [-0.1, -0.05) is 41.5 Å². The fourth-order valence-corrected chi connectivity index (χ4v) is 0.562. The maximum absolute atomic E-state index is 10.9. The van der Waals surface area contributed by atoms with Crippen LogP contribution in [-0.4, -0.2) is 23.7 Å². The summed E-state index contributed by atoms with van der Waals surface area (Å²) in [5.41, 5.74) is 0. The number of carbonyl (C=O) groups is 2. The van der Waals surface area contributed by atoms with Gasteiger partial charge in [0.1, 0.15) is 0 Å². The van der Waals surface area contributed by atoms with Crippen molar-refractivity contribution in [3.05, 3.63) is 0 Å². The number of aliphatic carboxylic acids is 1. The Hall–Kier alpha value is -1.06. The first kappa shape index (κ1) is 18.3. The summed E-state index contributed by atoms with van der Waals surface area (Å²) >= 11 is 0. The highest BCUT2D eigenvalue weighted by molar-refractivity contribution is 5.71. The van der Waals surface area contributed by atoms with Crippen LogP contribution in [0.3, 0.4) is 0 Å². The third-order valence-corrected chi connectivity index (χ3v) is 1.90. The van der Waals surface area contributed by atoms with Gasteiger partial charge in [0.2, 0.25) is 0 Å². The van der Waals surface area contributed by atoms with Crippen molar-refractivity contribution in [1.82, 2.24) is 0 Å². The maximum Gasteiger partial charge on any atom is 0.308 e. The van der Waals surface area contributed by atoms with Gasteiger partial charge in [-0.2, -0.15) is 0 Å². The zero-order chi connectivity index (χ0) is 14.0. The maximum atomic E-state index is 10.9. The normalized spacial score (nSPS) is 10.2. The van der Waals surface area contributed by atoms with Crippen LogP contribution in [0.4, 0.5) is 0 Å². The first-order chi connectivity index (χ1) is 7.68. The molecule has 17 heavy (non-hydrogen) atoms. The third kappa shape index (κ3) is 14.9. The summed E-state index contributed by atoms with van der Waals surface area (Å²) < 4.78 is 4.98. The highest BCUT2D eigenvalue weighted by Gasteiger charge is 2.07. The second kappa shape index (κ2) is 10.1. The van der Waals surface area contributed by atoms with Crippen molar-refractivity contribution >= 4 is 11.9 Å². The van der Waals surface area contributed by atoms with Gasteiger partial charge >= 0.3 is 11.9 Å². The van der Waals surface area contributed by atoms with E-state index in [2.05, 4.69) is 13.8 Å². The quantitative estimate of drug-likeness (QED) is 0.757. The standard InChI is InChI=1S/C9H18O2.C4H8O2/c1-7(2)5-6-11-9(10)8(3)4;1-3(2)4(5)6/h7-8H,5-6H2,1-4H3;3H,1-2H3,(H,5,6). The Balaban J connectivity index is 0. The summed E-state index contributed by atoms with van der Waals surface area (Å²) in [5, 5.41) is 7.99. The predicted octanol–water partition coefficient (Wildman–Crippen LogP) is 2.96. The van der Waals surface area contributed by atoms with E-state index in [1.807, 2.05) is 13.8 Å². The minimum Gasteiger partial charge on any atom is -0.481 e. The van der Waals surface area contributed by atoms with Crippen LogP contribution in [0.5, 0.6) is 0 Å². The molecule has 0 aliphatic carbocycles. The zero-order valence-electron chi connectivity index (χ0n) is 11.8. The molecule has 0 bridgehead atoms. The average molecular weight is 246 g/mol. The van der Waals surface area contributed by atoms with Crippen molar-refractivity contribution in [2.45, 2.75) is 48.0 Å². The number of carboxylic acid groups (broad SMARTS) is 1. The molecular formula is C13H26O4. The molecule has 0 amide bonds. The Morgan fingerprint density at radius 3 is 1.65 bits per heavy atom. The summed E-state index contributed by atoms with van der Waals surface area (Å²) in [4.78, 5) is 20.6. The SMILES string of the molecule is CC(C)C(=O)O.CC(C)CCOC(=O)C(C)C. The van der Waals surface area contributed by atoms with Gasteiger partial charge in [0.05, 0.1) is 18.4 Å². The van der Waals surface area contributed by atoms with E-state index < -0.39 is 5.97 Å². The van der Waals surface area contributed by atoms with Crippen LogP contribution in [-0.2, 0) is 14.3 Å². The summed E-state index contributed by atoms with van der Waals surface area (Å²) in [7, 11) is 0. The molecule has 0 aliphatic heterocycles. The van der Waals surface area contributed by atoms with Gasteiger partial charge in [-0.05, 0) is 12.3 Å². The molecule has 0 spiro atoms. The van der Waals surface area contributed by atoms with Gasteiger partial charge in [0.15, 0.2) is 0 Å². The van der Waals surface area contributed by atoms with Gasteiger partial charge < -0.3 is 9.84 Å². The van der Waals surface area contributed by atoms with Crippen LogP contribution >= 0.6 is 0 Å². The molecule has 102 valence electrons. The lowest BCUT2D eigenvalue weighted by Crippen LogP contribution is -2.13. The lowest BCUT2D eigenvalue weighted by molar-refractivity contribution is -0.147. The molecular weight excluding hydrogens is 220 g/mol. The molecule has 0 saturated heterocycles. The number of carbonyl (C=O) groups excluding carboxylic acids is 1. The average Bonchev–Trinajstić information content (AvgIpc) is 2.17. The largest absolute Gasteiger partial charge is 0.481 e. The summed E-state index contributed by atoms with van der Waals surface area (Å²) in [5.74, 6) is -0.456. The molecule has 0 fully saturated rings. The highest BCUT2D eigenvalue weighted by Crippen LogP contribution is 2.01. The number of hydrogen-bond donors (Lipinski definition) is 1. The first-order valence-electron chi connectivity index (χ1n) is 6.07. The summed E-state index contributed by atoms with van der Waals surface area (Å²) in [6.45, 7) is 11.8. The Morgan fingerprint density at radius 1 is 1.00 bits per heavy atom. The van der Waals surface area contributed by atoms with Crippen LogP contribution in [0.25, 0.3) is 0 Å². The molecule has 0 heterocycles. The van der Waals surface area contributed by atoms with Crippen molar-refractivity contribution in [2.75, 3.05) is 6.61 Å². The summed E-state index contributed by atoms with van der Waals surface area (Å²) in [6.07, 6.45) is 0.957. The Morgan fingerprint density at radius 2 is 1.41 bits per heavy atom. The van der Waals surface area contributed by atoms with Crippen molar-refractivity contribution in [3.8, 4) is 0 Å². The van der Waals surface area contributed by atoms with E-state index in [4.69, 9.17) is 9.84 Å². The molecule has 1 N–H and O–H groups in total. The van der Waals surface area contributed by atoms with Crippen LogP contribution < -0.4 is 0 Å². The number of esters is 1. The minimum atomic E-state index is -0.741. The van der Waals surface area contributed by atoms with Crippen molar-refractivity contribution < 1.29 is 19.4 Å². The van der Waals surface area contributed by atoms with E-state index in [0.717, 1.165) is 6.42 Å². The predicted molar refractivity (Wildman–Crippen MR) is 67.7 cm³/mol. The van der Waals surface area contributed by atoms with Crippen LogP contribution in [0.15, 0.2) is 0 Å². The fraction of sp³-hybridized carbons (Fsp3) is 0.846. The molecule has 0 atom stereocenters. The third-order valence-electron chi connectivity index (χ3n) is 1.90. The molecule has 0 rings (SSSR count). The number of ether oxygens (including phenoxy) is 1. The van der Waals surface area contributed by atoms with Gasteiger partial charge in [-0.25, -0.2) is 0 Å². The van der Waals surface area contributed by atoms with E-state index in [1.54, 1.807) is 13.8 Å². The molecule has 0 saturated carbocycles. The van der Waals surface area contributed by atoms with E-state index in [0.29, 0.717) is 12.5 Å². The van der Waals surface area contributed by atoms with Crippen molar-refractivity contribution in [2.24, 2.45) is 17.8 Å². The fourth-order valence-electron chi connectivity index (χ4n) is 0.562. The molecule has 0 unspecified atom stereocenters. The van der Waals surface area contributed by atoms with E-state index in [9.17, 15) is 9.59 Å². The molecule has 0 radical (unpaired) electrons. The van der Waals surface area contributed by atoms with Crippen molar-refractivity contribution in [1.29, 1.82) is 0 Å². The Kier molecular flexibility index (Phi) is 10.9. The molecule has 4 heteroatoms. The molecule has 0 aromatic heterocycles. The highest BCUT2D eigenvalue weighted by atomic mass is 16.5. The molecule has 4 nitrogen and oxygen atoms in total. The lowest BCUT2D eigenvalue weighted by Gasteiger charge is -2.07. The minimum absolute atomic E-state index is 0.00200. The monoisotopic (exact) mass is 246 g/mol.